The molecule has 0 amide bonds. The number of ether oxygens (including phenoxy) is 1. The minimum absolute atomic E-state index is 0.0554. The first-order valence-corrected chi connectivity index (χ1v) is 6.60. The highest BCUT2D eigenvalue weighted by atomic mass is 16.5. The molecular formula is C15H18N2O4. The zero-order valence-corrected chi connectivity index (χ0v) is 12.2. The van der Waals surface area contributed by atoms with Crippen LogP contribution in [0.4, 0.5) is 0 Å². The summed E-state index contributed by atoms with van der Waals surface area (Å²) in [6.07, 6.45) is 0. The van der Waals surface area contributed by atoms with Gasteiger partial charge in [-0.2, -0.15) is 5.10 Å². The zero-order chi connectivity index (χ0) is 15.6. The van der Waals surface area contributed by atoms with E-state index in [1.807, 2.05) is 26.0 Å². The molecule has 0 bridgehead atoms. The van der Waals surface area contributed by atoms with Gasteiger partial charge in [0.05, 0.1) is 13.7 Å². The number of carboxylic acids is 1. The van der Waals surface area contributed by atoms with E-state index >= 15 is 0 Å². The lowest BCUT2D eigenvalue weighted by atomic mass is 10.1. The fourth-order valence-corrected chi connectivity index (χ4v) is 2.09. The van der Waals surface area contributed by atoms with Gasteiger partial charge < -0.3 is 14.9 Å². The molecule has 0 spiro atoms. The predicted molar refractivity (Wildman–Crippen MR) is 77.0 cm³/mol. The number of benzene rings is 1. The number of hydrogen-bond acceptors (Lipinski definition) is 4. The smallest absolute Gasteiger partial charge is 0.358 e. The monoisotopic (exact) mass is 290 g/mol. The number of aromatic carboxylic acids is 1. The molecule has 6 nitrogen and oxygen atoms in total. The molecule has 2 rings (SSSR count). The molecule has 112 valence electrons. The average molecular weight is 290 g/mol. The van der Waals surface area contributed by atoms with Crippen LogP contribution in [-0.2, 0) is 6.54 Å². The van der Waals surface area contributed by atoms with Gasteiger partial charge in [0, 0.05) is 5.92 Å². The molecule has 6 heteroatoms. The van der Waals surface area contributed by atoms with E-state index < -0.39 is 5.97 Å². The van der Waals surface area contributed by atoms with Crippen molar-refractivity contribution >= 4 is 5.97 Å². The van der Waals surface area contributed by atoms with Gasteiger partial charge in [0.25, 0.3) is 0 Å². The van der Waals surface area contributed by atoms with Gasteiger partial charge in [-0.3, -0.25) is 4.68 Å². The zero-order valence-electron chi connectivity index (χ0n) is 12.2. The third-order valence-electron chi connectivity index (χ3n) is 3.19. The molecule has 0 unspecified atom stereocenters. The maximum atomic E-state index is 11.3. The molecule has 0 saturated carbocycles. The topological polar surface area (TPSA) is 84.6 Å². The lowest BCUT2D eigenvalue weighted by Crippen LogP contribution is -2.11. The second-order valence-electron chi connectivity index (χ2n) is 5.05. The van der Waals surface area contributed by atoms with Crippen molar-refractivity contribution in [1.29, 1.82) is 0 Å². The van der Waals surface area contributed by atoms with Crippen LogP contribution in [0.25, 0.3) is 0 Å². The maximum absolute atomic E-state index is 11.3. The molecule has 2 aromatic rings. The molecule has 0 radical (unpaired) electrons. The van der Waals surface area contributed by atoms with Crippen molar-refractivity contribution in [3.8, 4) is 11.5 Å². The first kappa shape index (κ1) is 14.9. The molecular weight excluding hydrogens is 272 g/mol. The van der Waals surface area contributed by atoms with Crippen molar-refractivity contribution in [3.63, 3.8) is 0 Å². The molecule has 0 fully saturated rings. The van der Waals surface area contributed by atoms with E-state index in [2.05, 4.69) is 5.10 Å². The minimum Gasteiger partial charge on any atom is -0.504 e. The maximum Gasteiger partial charge on any atom is 0.358 e. The summed E-state index contributed by atoms with van der Waals surface area (Å²) in [6.45, 7) is 3.97. The number of rotatable bonds is 5. The molecule has 0 aliphatic rings. The molecule has 0 aliphatic heterocycles. The van der Waals surface area contributed by atoms with E-state index in [-0.39, 0.29) is 23.9 Å². The number of nitrogens with zero attached hydrogens (tertiary/aromatic N) is 2. The van der Waals surface area contributed by atoms with Crippen LogP contribution in [0.3, 0.4) is 0 Å². The van der Waals surface area contributed by atoms with E-state index in [1.165, 1.54) is 4.68 Å². The first-order valence-electron chi connectivity index (χ1n) is 6.60. The Hall–Kier alpha value is -2.50. The highest BCUT2D eigenvalue weighted by Crippen LogP contribution is 2.29. The lowest BCUT2D eigenvalue weighted by Gasteiger charge is -2.06. The standard InChI is InChI=1S/C15H18N2O4/c1-9(2)12-14(18)13(15(19)20)17(16-12)8-10-4-6-11(21-3)7-5-10/h4-7,9,18H,8H2,1-3H3,(H,19,20). The quantitative estimate of drug-likeness (QED) is 0.883. The van der Waals surface area contributed by atoms with Crippen molar-refractivity contribution in [2.24, 2.45) is 0 Å². The second kappa shape index (κ2) is 5.87. The summed E-state index contributed by atoms with van der Waals surface area (Å²) >= 11 is 0. The molecule has 0 saturated heterocycles. The molecule has 21 heavy (non-hydrogen) atoms. The van der Waals surface area contributed by atoms with Crippen molar-refractivity contribution in [2.75, 3.05) is 7.11 Å². The van der Waals surface area contributed by atoms with Gasteiger partial charge in [0.15, 0.2) is 11.4 Å². The van der Waals surface area contributed by atoms with Crippen LogP contribution >= 0.6 is 0 Å². The highest BCUT2D eigenvalue weighted by molar-refractivity contribution is 5.89. The molecule has 0 atom stereocenters. The van der Waals surface area contributed by atoms with E-state index in [0.717, 1.165) is 11.3 Å². The predicted octanol–water partition coefficient (Wildman–Crippen LogP) is 2.47. The van der Waals surface area contributed by atoms with Crippen LogP contribution in [0.15, 0.2) is 24.3 Å². The Morgan fingerprint density at radius 2 is 1.95 bits per heavy atom. The van der Waals surface area contributed by atoms with Crippen LogP contribution in [0.5, 0.6) is 11.5 Å². The van der Waals surface area contributed by atoms with Gasteiger partial charge in [-0.15, -0.1) is 0 Å². The Kier molecular flexibility index (Phi) is 4.16. The summed E-state index contributed by atoms with van der Waals surface area (Å²) in [5, 5.41) is 23.5. The van der Waals surface area contributed by atoms with Gasteiger partial charge in [-0.1, -0.05) is 26.0 Å². The first-order chi connectivity index (χ1) is 9.93. The van der Waals surface area contributed by atoms with Crippen LogP contribution in [-0.4, -0.2) is 33.1 Å². The second-order valence-corrected chi connectivity index (χ2v) is 5.05. The average Bonchev–Trinajstić information content (AvgIpc) is 2.76. The van der Waals surface area contributed by atoms with Gasteiger partial charge in [0.2, 0.25) is 0 Å². The van der Waals surface area contributed by atoms with E-state index in [9.17, 15) is 15.0 Å². The van der Waals surface area contributed by atoms with E-state index in [1.54, 1.807) is 19.2 Å². The molecule has 2 N–H and O–H groups in total. The Balaban J connectivity index is 2.38. The number of methoxy groups -OCH3 is 1. The number of hydrogen-bond donors (Lipinski definition) is 2. The Morgan fingerprint density at radius 3 is 2.43 bits per heavy atom. The third kappa shape index (κ3) is 2.99. The number of carbonyl (C=O) groups is 1. The number of carboxylic acid groups (broad SMARTS) is 1. The van der Waals surface area contributed by atoms with E-state index in [4.69, 9.17) is 4.74 Å². The molecule has 1 aromatic carbocycles. The molecule has 0 aliphatic carbocycles. The van der Waals surface area contributed by atoms with Crippen LogP contribution in [0.1, 0.15) is 41.5 Å². The SMILES string of the molecule is COc1ccc(Cn2nc(C(C)C)c(O)c2C(=O)O)cc1. The summed E-state index contributed by atoms with van der Waals surface area (Å²) in [6, 6.07) is 7.25. The Bertz CT molecular complexity index is 644. The largest absolute Gasteiger partial charge is 0.504 e. The normalized spacial score (nSPS) is 10.9. The number of aromatic hydroxyl groups is 1. The number of aromatic nitrogens is 2. The van der Waals surface area contributed by atoms with Crippen molar-refractivity contribution in [2.45, 2.75) is 26.3 Å². The molecule has 1 aromatic heterocycles. The fraction of sp³-hybridized carbons (Fsp3) is 0.333. The van der Waals surface area contributed by atoms with Crippen molar-refractivity contribution < 1.29 is 19.7 Å². The van der Waals surface area contributed by atoms with Gasteiger partial charge in [-0.05, 0) is 17.7 Å². The van der Waals surface area contributed by atoms with Crippen molar-refractivity contribution in [3.05, 3.63) is 41.2 Å². The van der Waals surface area contributed by atoms with Crippen LogP contribution in [0, 0.1) is 0 Å². The Morgan fingerprint density at radius 1 is 1.33 bits per heavy atom. The summed E-state index contributed by atoms with van der Waals surface area (Å²) < 4.78 is 6.39. The van der Waals surface area contributed by atoms with E-state index in [0.29, 0.717) is 5.69 Å². The van der Waals surface area contributed by atoms with Crippen molar-refractivity contribution in [1.82, 2.24) is 9.78 Å². The van der Waals surface area contributed by atoms with Gasteiger partial charge in [-0.25, -0.2) is 4.79 Å². The Labute approximate surface area is 122 Å². The highest BCUT2D eigenvalue weighted by Gasteiger charge is 2.24. The molecule has 1 heterocycles. The summed E-state index contributed by atoms with van der Waals surface area (Å²) in [5.74, 6) is -0.782. The summed E-state index contributed by atoms with van der Waals surface area (Å²) in [4.78, 5) is 11.3. The summed E-state index contributed by atoms with van der Waals surface area (Å²) in [5.41, 5.74) is 1.08. The van der Waals surface area contributed by atoms with Crippen LogP contribution in [0.2, 0.25) is 0 Å². The van der Waals surface area contributed by atoms with Crippen LogP contribution < -0.4 is 4.74 Å². The minimum atomic E-state index is -1.19. The van der Waals surface area contributed by atoms with Gasteiger partial charge >= 0.3 is 5.97 Å². The fourth-order valence-electron chi connectivity index (χ4n) is 2.09. The lowest BCUT2D eigenvalue weighted by molar-refractivity contribution is 0.0680. The third-order valence-corrected chi connectivity index (χ3v) is 3.19. The van der Waals surface area contributed by atoms with Gasteiger partial charge in [0.1, 0.15) is 11.4 Å². The summed E-state index contributed by atoms with van der Waals surface area (Å²) in [7, 11) is 1.58.